The fraction of sp³-hybridized carbons (Fsp3) is 0.700. The third kappa shape index (κ3) is 3.19. The summed E-state index contributed by atoms with van der Waals surface area (Å²) in [5, 5.41) is 3.39. The third-order valence-corrected chi connectivity index (χ3v) is 2.20. The zero-order valence-corrected chi connectivity index (χ0v) is 8.63. The normalized spacial score (nSPS) is 11.1. The number of rotatable bonds is 5. The van der Waals surface area contributed by atoms with Crippen molar-refractivity contribution in [1.29, 1.82) is 0 Å². The molecule has 3 nitrogen and oxygen atoms in total. The van der Waals surface area contributed by atoms with Crippen molar-refractivity contribution in [2.75, 3.05) is 0 Å². The van der Waals surface area contributed by atoms with Crippen LogP contribution in [-0.4, -0.2) is 11.0 Å². The Kier molecular flexibility index (Phi) is 3.96. The van der Waals surface area contributed by atoms with Crippen molar-refractivity contribution >= 4 is 0 Å². The molecular formula is C10H18N2O. The molecular weight excluding hydrogens is 164 g/mol. The molecule has 3 heteroatoms. The van der Waals surface area contributed by atoms with E-state index in [0.717, 1.165) is 31.0 Å². The molecule has 0 fully saturated rings. The van der Waals surface area contributed by atoms with E-state index in [-0.39, 0.29) is 0 Å². The molecule has 74 valence electrons. The van der Waals surface area contributed by atoms with Crippen LogP contribution in [0.25, 0.3) is 0 Å². The molecule has 0 aromatic carbocycles. The van der Waals surface area contributed by atoms with E-state index in [0.29, 0.717) is 6.04 Å². The minimum absolute atomic E-state index is 0.576. The zero-order valence-electron chi connectivity index (χ0n) is 8.63. The number of hydrogen-bond acceptors (Lipinski definition) is 3. The van der Waals surface area contributed by atoms with Gasteiger partial charge >= 0.3 is 0 Å². The average molecular weight is 182 g/mol. The second-order valence-electron chi connectivity index (χ2n) is 3.26. The molecule has 0 aliphatic heterocycles. The number of oxazole rings is 1. The Morgan fingerprint density at radius 3 is 2.62 bits per heavy atom. The Labute approximate surface area is 79.5 Å². The highest BCUT2D eigenvalue weighted by atomic mass is 16.4. The molecule has 0 aliphatic carbocycles. The molecule has 0 atom stereocenters. The highest BCUT2D eigenvalue weighted by Gasteiger charge is 2.04. The van der Waals surface area contributed by atoms with Crippen LogP contribution in [0, 0.1) is 6.92 Å². The van der Waals surface area contributed by atoms with Crippen molar-refractivity contribution in [3.05, 3.63) is 17.8 Å². The second kappa shape index (κ2) is 5.02. The molecule has 1 N–H and O–H groups in total. The lowest BCUT2D eigenvalue weighted by atomic mass is 10.2. The van der Waals surface area contributed by atoms with Crippen molar-refractivity contribution in [2.24, 2.45) is 0 Å². The summed E-state index contributed by atoms with van der Waals surface area (Å²) in [7, 11) is 0. The summed E-state index contributed by atoms with van der Waals surface area (Å²) in [6.07, 6.45) is 4.05. The van der Waals surface area contributed by atoms with Crippen molar-refractivity contribution in [3.63, 3.8) is 0 Å². The molecule has 1 rings (SSSR count). The van der Waals surface area contributed by atoms with E-state index in [2.05, 4.69) is 24.1 Å². The minimum Gasteiger partial charge on any atom is -0.445 e. The molecule has 0 saturated heterocycles. The van der Waals surface area contributed by atoms with E-state index in [9.17, 15) is 0 Å². The van der Waals surface area contributed by atoms with Gasteiger partial charge in [-0.2, -0.15) is 0 Å². The maximum Gasteiger partial charge on any atom is 0.208 e. The highest BCUT2D eigenvalue weighted by Crippen LogP contribution is 2.03. The Balaban J connectivity index is 2.33. The lowest BCUT2D eigenvalue weighted by Gasteiger charge is -2.12. The van der Waals surface area contributed by atoms with Crippen molar-refractivity contribution in [1.82, 2.24) is 10.3 Å². The predicted molar refractivity (Wildman–Crippen MR) is 52.4 cm³/mol. The second-order valence-corrected chi connectivity index (χ2v) is 3.26. The largest absolute Gasteiger partial charge is 0.445 e. The summed E-state index contributed by atoms with van der Waals surface area (Å²) in [5.41, 5.74) is 0. The van der Waals surface area contributed by atoms with Gasteiger partial charge in [-0.15, -0.1) is 0 Å². The molecule has 0 unspecified atom stereocenters. The first kappa shape index (κ1) is 10.3. The van der Waals surface area contributed by atoms with Gasteiger partial charge in [-0.3, -0.25) is 0 Å². The summed E-state index contributed by atoms with van der Waals surface area (Å²) in [6, 6.07) is 0.576. The Morgan fingerprint density at radius 2 is 2.15 bits per heavy atom. The molecule has 1 heterocycles. The van der Waals surface area contributed by atoms with Gasteiger partial charge in [0.05, 0.1) is 12.7 Å². The third-order valence-electron chi connectivity index (χ3n) is 2.20. The van der Waals surface area contributed by atoms with E-state index >= 15 is 0 Å². The maximum absolute atomic E-state index is 5.35. The van der Waals surface area contributed by atoms with E-state index < -0.39 is 0 Å². The smallest absolute Gasteiger partial charge is 0.208 e. The minimum atomic E-state index is 0.576. The van der Waals surface area contributed by atoms with E-state index in [1.807, 2.05) is 6.92 Å². The number of aryl methyl sites for hydroxylation is 1. The van der Waals surface area contributed by atoms with Crippen molar-refractivity contribution in [3.8, 4) is 0 Å². The summed E-state index contributed by atoms with van der Waals surface area (Å²) >= 11 is 0. The van der Waals surface area contributed by atoms with Crippen molar-refractivity contribution in [2.45, 2.75) is 46.2 Å². The standard InChI is InChI=1S/C10H18N2O/c1-4-9(5-2)11-7-10-12-6-8(3)13-10/h6,9,11H,4-5,7H2,1-3H3. The number of nitrogens with zero attached hydrogens (tertiary/aromatic N) is 1. The van der Waals surface area contributed by atoms with Crippen LogP contribution in [0.15, 0.2) is 10.6 Å². The van der Waals surface area contributed by atoms with Gasteiger partial charge in [-0.1, -0.05) is 13.8 Å². The summed E-state index contributed by atoms with van der Waals surface area (Å²) in [4.78, 5) is 4.13. The van der Waals surface area contributed by atoms with Gasteiger partial charge < -0.3 is 9.73 Å². The van der Waals surface area contributed by atoms with E-state index in [1.54, 1.807) is 6.20 Å². The van der Waals surface area contributed by atoms with E-state index in [1.165, 1.54) is 0 Å². The Morgan fingerprint density at radius 1 is 1.46 bits per heavy atom. The average Bonchev–Trinajstić information content (AvgIpc) is 2.53. The first-order valence-corrected chi connectivity index (χ1v) is 4.91. The molecule has 0 spiro atoms. The predicted octanol–water partition coefficient (Wildman–Crippen LogP) is 2.26. The van der Waals surface area contributed by atoms with Gasteiger partial charge in [-0.05, 0) is 19.8 Å². The highest BCUT2D eigenvalue weighted by molar-refractivity contribution is 4.90. The first-order chi connectivity index (χ1) is 6.26. The van der Waals surface area contributed by atoms with Crippen LogP contribution < -0.4 is 5.32 Å². The van der Waals surface area contributed by atoms with Crippen LogP contribution in [0.4, 0.5) is 0 Å². The van der Waals surface area contributed by atoms with Crippen LogP contribution in [0.2, 0.25) is 0 Å². The quantitative estimate of drug-likeness (QED) is 0.759. The molecule has 1 aromatic rings. The van der Waals surface area contributed by atoms with Crippen LogP contribution in [-0.2, 0) is 6.54 Å². The summed E-state index contributed by atoms with van der Waals surface area (Å²) < 4.78 is 5.35. The SMILES string of the molecule is CCC(CC)NCc1ncc(C)o1. The Hall–Kier alpha value is -0.830. The topological polar surface area (TPSA) is 38.1 Å². The molecule has 0 aliphatic rings. The van der Waals surface area contributed by atoms with Gasteiger partial charge in [-0.25, -0.2) is 4.98 Å². The number of aromatic nitrogens is 1. The molecule has 0 radical (unpaired) electrons. The maximum atomic E-state index is 5.35. The van der Waals surface area contributed by atoms with Crippen LogP contribution in [0.5, 0.6) is 0 Å². The van der Waals surface area contributed by atoms with Gasteiger partial charge in [0.25, 0.3) is 0 Å². The monoisotopic (exact) mass is 182 g/mol. The lowest BCUT2D eigenvalue weighted by Crippen LogP contribution is -2.27. The van der Waals surface area contributed by atoms with Gasteiger partial charge in [0.2, 0.25) is 5.89 Å². The van der Waals surface area contributed by atoms with Gasteiger partial charge in [0.1, 0.15) is 5.76 Å². The fourth-order valence-corrected chi connectivity index (χ4v) is 1.29. The number of nitrogens with one attached hydrogen (secondary N) is 1. The van der Waals surface area contributed by atoms with E-state index in [4.69, 9.17) is 4.42 Å². The van der Waals surface area contributed by atoms with Crippen LogP contribution in [0.3, 0.4) is 0 Å². The number of hydrogen-bond donors (Lipinski definition) is 1. The molecule has 0 amide bonds. The zero-order chi connectivity index (χ0) is 9.68. The molecule has 0 bridgehead atoms. The molecule has 13 heavy (non-hydrogen) atoms. The lowest BCUT2D eigenvalue weighted by molar-refractivity contribution is 0.410. The fourth-order valence-electron chi connectivity index (χ4n) is 1.29. The molecule has 0 saturated carbocycles. The van der Waals surface area contributed by atoms with Crippen molar-refractivity contribution < 1.29 is 4.42 Å². The van der Waals surface area contributed by atoms with Crippen LogP contribution in [0.1, 0.15) is 38.3 Å². The van der Waals surface area contributed by atoms with Crippen LogP contribution >= 0.6 is 0 Å². The molecule has 1 aromatic heterocycles. The van der Waals surface area contributed by atoms with Gasteiger partial charge in [0, 0.05) is 6.04 Å². The van der Waals surface area contributed by atoms with Gasteiger partial charge in [0.15, 0.2) is 0 Å². The summed E-state index contributed by atoms with van der Waals surface area (Å²) in [5.74, 6) is 1.66. The summed E-state index contributed by atoms with van der Waals surface area (Å²) in [6.45, 7) is 7.01. The first-order valence-electron chi connectivity index (χ1n) is 4.91. The Bertz CT molecular complexity index is 241.